The average molecular weight is 279 g/mol. The maximum absolute atomic E-state index is 12.7. The fourth-order valence-electron chi connectivity index (χ4n) is 1.66. The summed E-state index contributed by atoms with van der Waals surface area (Å²) < 4.78 is 43.0. The van der Waals surface area contributed by atoms with Crippen molar-refractivity contribution in [3.05, 3.63) is 59.3 Å². The Morgan fingerprint density at radius 2 is 1.80 bits per heavy atom. The van der Waals surface area contributed by atoms with Gasteiger partial charge in [0.1, 0.15) is 0 Å². The second-order valence-electron chi connectivity index (χ2n) is 4.06. The summed E-state index contributed by atoms with van der Waals surface area (Å²) in [4.78, 5) is 3.68. The summed E-state index contributed by atoms with van der Waals surface area (Å²) in [6, 6.07) is 10.3. The minimum atomic E-state index is -4.42. The first-order valence-corrected chi connectivity index (χ1v) is 5.85. The van der Waals surface area contributed by atoms with Crippen molar-refractivity contribution in [1.29, 1.82) is 0 Å². The van der Waals surface area contributed by atoms with Gasteiger partial charge in [-0.2, -0.15) is 13.2 Å². The van der Waals surface area contributed by atoms with Gasteiger partial charge in [0.05, 0.1) is 12.7 Å². The third-order valence-corrected chi connectivity index (χ3v) is 2.65. The molecule has 0 bridgehead atoms. The SMILES string of the molecule is COc1ncc(C(F)(F)F)cc1/C=C/c1ccccc1. The fourth-order valence-corrected chi connectivity index (χ4v) is 1.66. The third kappa shape index (κ3) is 3.38. The Morgan fingerprint density at radius 1 is 1.10 bits per heavy atom. The summed E-state index contributed by atoms with van der Waals surface area (Å²) in [5.41, 5.74) is 0.365. The topological polar surface area (TPSA) is 22.1 Å². The number of aromatic nitrogens is 1. The molecule has 0 aliphatic carbocycles. The van der Waals surface area contributed by atoms with Crippen molar-refractivity contribution in [2.75, 3.05) is 7.11 Å². The molecule has 0 aliphatic heterocycles. The predicted molar refractivity (Wildman–Crippen MR) is 71.2 cm³/mol. The van der Waals surface area contributed by atoms with Crippen LogP contribution in [-0.4, -0.2) is 12.1 Å². The Kier molecular flexibility index (Phi) is 4.08. The fraction of sp³-hybridized carbons (Fsp3) is 0.133. The van der Waals surface area contributed by atoms with E-state index in [0.29, 0.717) is 0 Å². The molecule has 0 saturated carbocycles. The van der Waals surface area contributed by atoms with Crippen LogP contribution >= 0.6 is 0 Å². The molecule has 0 saturated heterocycles. The highest BCUT2D eigenvalue weighted by Crippen LogP contribution is 2.31. The predicted octanol–water partition coefficient (Wildman–Crippen LogP) is 4.28. The Hall–Kier alpha value is -2.30. The van der Waals surface area contributed by atoms with E-state index in [4.69, 9.17) is 4.74 Å². The highest BCUT2D eigenvalue weighted by Gasteiger charge is 2.31. The zero-order valence-electron chi connectivity index (χ0n) is 10.7. The van der Waals surface area contributed by atoms with Crippen molar-refractivity contribution in [2.24, 2.45) is 0 Å². The van der Waals surface area contributed by atoms with Crippen LogP contribution in [0.15, 0.2) is 42.6 Å². The molecule has 104 valence electrons. The van der Waals surface area contributed by atoms with Crippen molar-refractivity contribution in [3.63, 3.8) is 0 Å². The lowest BCUT2D eigenvalue weighted by molar-refractivity contribution is -0.137. The minimum absolute atomic E-state index is 0.158. The lowest BCUT2D eigenvalue weighted by Gasteiger charge is -2.09. The monoisotopic (exact) mass is 279 g/mol. The highest BCUT2D eigenvalue weighted by molar-refractivity contribution is 5.72. The van der Waals surface area contributed by atoms with Crippen LogP contribution < -0.4 is 4.74 Å². The van der Waals surface area contributed by atoms with Crippen molar-refractivity contribution >= 4 is 12.2 Å². The maximum Gasteiger partial charge on any atom is 0.417 e. The molecule has 0 spiro atoms. The number of ether oxygens (including phenoxy) is 1. The Bertz CT molecular complexity index is 606. The van der Waals surface area contributed by atoms with Crippen molar-refractivity contribution < 1.29 is 17.9 Å². The van der Waals surface area contributed by atoms with Crippen LogP contribution in [0.25, 0.3) is 12.2 Å². The van der Waals surface area contributed by atoms with E-state index in [2.05, 4.69) is 4.98 Å². The van der Waals surface area contributed by atoms with E-state index in [1.807, 2.05) is 30.3 Å². The molecule has 1 aromatic carbocycles. The van der Waals surface area contributed by atoms with Crippen molar-refractivity contribution in [2.45, 2.75) is 6.18 Å². The lowest BCUT2D eigenvalue weighted by Crippen LogP contribution is -2.06. The molecule has 2 aromatic rings. The number of hydrogen-bond donors (Lipinski definition) is 0. The molecule has 2 rings (SSSR count). The maximum atomic E-state index is 12.7. The van der Waals surface area contributed by atoms with Crippen LogP contribution in [0.1, 0.15) is 16.7 Å². The number of alkyl halides is 3. The zero-order valence-corrected chi connectivity index (χ0v) is 10.7. The van der Waals surface area contributed by atoms with E-state index in [1.165, 1.54) is 7.11 Å². The number of halogens is 3. The number of rotatable bonds is 3. The van der Waals surface area contributed by atoms with E-state index < -0.39 is 11.7 Å². The molecule has 0 N–H and O–H groups in total. The van der Waals surface area contributed by atoms with E-state index >= 15 is 0 Å². The van der Waals surface area contributed by atoms with Gasteiger partial charge in [-0.15, -0.1) is 0 Å². The second-order valence-corrected chi connectivity index (χ2v) is 4.06. The van der Waals surface area contributed by atoms with Crippen LogP contribution in [0.3, 0.4) is 0 Å². The summed E-state index contributed by atoms with van der Waals surface area (Å²) in [7, 11) is 1.37. The van der Waals surface area contributed by atoms with Gasteiger partial charge in [-0.25, -0.2) is 4.98 Å². The first kappa shape index (κ1) is 14.1. The van der Waals surface area contributed by atoms with Gasteiger partial charge in [-0.05, 0) is 17.7 Å². The molecule has 0 fully saturated rings. The number of hydrogen-bond acceptors (Lipinski definition) is 2. The standard InChI is InChI=1S/C15H12F3NO/c1-20-14-12(8-7-11-5-3-2-4-6-11)9-13(10-19-14)15(16,17)18/h2-10H,1H3/b8-7+. The first-order chi connectivity index (χ1) is 9.50. The van der Waals surface area contributed by atoms with Gasteiger partial charge in [0.25, 0.3) is 0 Å². The quantitative estimate of drug-likeness (QED) is 0.836. The van der Waals surface area contributed by atoms with Gasteiger partial charge in [-0.3, -0.25) is 0 Å². The Labute approximate surface area is 114 Å². The molecule has 2 nitrogen and oxygen atoms in total. The third-order valence-electron chi connectivity index (χ3n) is 2.65. The number of methoxy groups -OCH3 is 1. The van der Waals surface area contributed by atoms with Crippen LogP contribution in [0.4, 0.5) is 13.2 Å². The van der Waals surface area contributed by atoms with Crippen LogP contribution in [-0.2, 0) is 6.18 Å². The number of benzene rings is 1. The van der Waals surface area contributed by atoms with Crippen LogP contribution in [0.2, 0.25) is 0 Å². The molecule has 0 amide bonds. The van der Waals surface area contributed by atoms with Gasteiger partial charge in [0.2, 0.25) is 5.88 Å². The first-order valence-electron chi connectivity index (χ1n) is 5.85. The molecule has 0 radical (unpaired) electrons. The zero-order chi connectivity index (χ0) is 14.6. The molecule has 5 heteroatoms. The van der Waals surface area contributed by atoms with E-state index in [0.717, 1.165) is 17.8 Å². The van der Waals surface area contributed by atoms with E-state index in [9.17, 15) is 13.2 Å². The smallest absolute Gasteiger partial charge is 0.417 e. The van der Waals surface area contributed by atoms with Crippen molar-refractivity contribution in [3.8, 4) is 5.88 Å². The molecular formula is C15H12F3NO. The van der Waals surface area contributed by atoms with E-state index in [1.54, 1.807) is 12.2 Å². The number of pyridine rings is 1. The lowest BCUT2D eigenvalue weighted by atomic mass is 10.1. The molecule has 1 aromatic heterocycles. The van der Waals surface area contributed by atoms with Gasteiger partial charge in [-0.1, -0.05) is 36.4 Å². The van der Waals surface area contributed by atoms with Gasteiger partial charge in [0, 0.05) is 11.8 Å². The minimum Gasteiger partial charge on any atom is -0.481 e. The van der Waals surface area contributed by atoms with Gasteiger partial charge < -0.3 is 4.74 Å². The number of nitrogens with zero attached hydrogens (tertiary/aromatic N) is 1. The Morgan fingerprint density at radius 3 is 2.40 bits per heavy atom. The van der Waals surface area contributed by atoms with Crippen LogP contribution in [0.5, 0.6) is 5.88 Å². The molecule has 1 heterocycles. The molecule has 0 aliphatic rings. The molecule has 0 atom stereocenters. The van der Waals surface area contributed by atoms with Crippen LogP contribution in [0, 0.1) is 0 Å². The summed E-state index contributed by atoms with van der Waals surface area (Å²) in [6.07, 6.45) is -0.399. The Balaban J connectivity index is 2.36. The molecule has 20 heavy (non-hydrogen) atoms. The summed E-state index contributed by atoms with van der Waals surface area (Å²) >= 11 is 0. The van der Waals surface area contributed by atoms with Crippen molar-refractivity contribution in [1.82, 2.24) is 4.98 Å². The van der Waals surface area contributed by atoms with Gasteiger partial charge >= 0.3 is 6.18 Å². The molecular weight excluding hydrogens is 267 g/mol. The molecule has 0 unspecified atom stereocenters. The summed E-state index contributed by atoms with van der Waals surface area (Å²) in [5.74, 6) is 0.158. The van der Waals surface area contributed by atoms with Gasteiger partial charge in [0.15, 0.2) is 0 Å². The van der Waals surface area contributed by atoms with E-state index in [-0.39, 0.29) is 11.4 Å². The largest absolute Gasteiger partial charge is 0.481 e. The highest BCUT2D eigenvalue weighted by atomic mass is 19.4. The second kappa shape index (κ2) is 5.77. The summed E-state index contributed by atoms with van der Waals surface area (Å²) in [6.45, 7) is 0. The average Bonchev–Trinajstić information content (AvgIpc) is 2.45. The normalized spacial score (nSPS) is 11.8. The summed E-state index contributed by atoms with van der Waals surface area (Å²) in [5, 5.41) is 0.